The first-order chi connectivity index (χ1) is 27.8. The van der Waals surface area contributed by atoms with Gasteiger partial charge in [0.05, 0.1) is 5.69 Å². The fourth-order valence-electron chi connectivity index (χ4n) is 10.2. The standard InChI is InChI=1S/C56H67BN2S/c1-51(2,3)34-17-21-38(22-18-34)58-44-25-19-36(53(7,8)9)30-43(44)57-48-45(58)31-37(54(10,11)12)32-46(48)59(39-23-24-41-42(33-39)56(15,16)28-27-55(41,13)14)49-40-29-35(52(4,5)6)20-26-47(40)60-50(49)57/h17-26,29-33H,27-28H2,1-16H3. The molecular weight excluding hydrogens is 744 g/mol. The van der Waals surface area contributed by atoms with E-state index < -0.39 is 0 Å². The molecular formula is C56H67BN2S. The normalized spacial score (nSPS) is 17.0. The van der Waals surface area contributed by atoms with Crippen LogP contribution in [0.25, 0.3) is 10.1 Å². The molecule has 2 aliphatic heterocycles. The summed E-state index contributed by atoms with van der Waals surface area (Å²) in [5.74, 6) is 0. The maximum Gasteiger partial charge on any atom is 0.264 e. The quantitative estimate of drug-likeness (QED) is 0.161. The highest BCUT2D eigenvalue weighted by Gasteiger charge is 2.47. The van der Waals surface area contributed by atoms with E-state index in [4.69, 9.17) is 0 Å². The molecule has 9 rings (SSSR count). The largest absolute Gasteiger partial charge is 0.311 e. The van der Waals surface area contributed by atoms with Crippen LogP contribution >= 0.6 is 11.3 Å². The molecule has 1 aromatic heterocycles. The van der Waals surface area contributed by atoms with Crippen molar-refractivity contribution in [3.63, 3.8) is 0 Å². The topological polar surface area (TPSA) is 6.48 Å². The molecule has 0 fully saturated rings. The summed E-state index contributed by atoms with van der Waals surface area (Å²) >= 11 is 2.01. The number of benzene rings is 5. The van der Waals surface area contributed by atoms with Crippen LogP contribution in [0.3, 0.4) is 0 Å². The predicted octanol–water partition coefficient (Wildman–Crippen LogP) is 14.5. The molecule has 3 aliphatic rings. The summed E-state index contributed by atoms with van der Waals surface area (Å²) in [6.07, 6.45) is 2.39. The monoisotopic (exact) mass is 811 g/mol. The van der Waals surface area contributed by atoms with Crippen LogP contribution in [0.1, 0.15) is 157 Å². The van der Waals surface area contributed by atoms with Crippen LogP contribution in [0.2, 0.25) is 0 Å². The van der Waals surface area contributed by atoms with Crippen LogP contribution in [0.15, 0.2) is 91.0 Å². The van der Waals surface area contributed by atoms with Gasteiger partial charge in [-0.3, -0.25) is 0 Å². The molecule has 0 saturated carbocycles. The van der Waals surface area contributed by atoms with Crippen LogP contribution in [0, 0.1) is 0 Å². The fraction of sp³-hybridized carbons (Fsp3) is 0.429. The van der Waals surface area contributed by atoms with Gasteiger partial charge < -0.3 is 9.80 Å². The van der Waals surface area contributed by atoms with Crippen molar-refractivity contribution in [1.29, 1.82) is 0 Å². The Bertz CT molecular complexity index is 2700. The zero-order valence-electron chi connectivity index (χ0n) is 39.5. The van der Waals surface area contributed by atoms with Crippen LogP contribution in [-0.4, -0.2) is 6.71 Å². The smallest absolute Gasteiger partial charge is 0.264 e. The fourth-order valence-corrected chi connectivity index (χ4v) is 11.5. The van der Waals surface area contributed by atoms with Gasteiger partial charge in [0.2, 0.25) is 0 Å². The SMILES string of the molecule is CC(C)(C)c1ccc(N2c3ccc(C(C)(C)C)cc3B3c4sc5ccc(C(C)(C)C)cc5c4N(c4ccc5c(c4)C(C)(C)CCC5(C)C)c4cc(C(C)(C)C)cc2c43)cc1. The number of fused-ring (bicyclic) bond motifs is 7. The van der Waals surface area contributed by atoms with E-state index in [1.807, 2.05) is 11.3 Å². The van der Waals surface area contributed by atoms with Crippen LogP contribution in [0.5, 0.6) is 0 Å². The number of nitrogens with zero attached hydrogens (tertiary/aromatic N) is 2. The first-order valence-electron chi connectivity index (χ1n) is 22.5. The number of hydrogen-bond acceptors (Lipinski definition) is 3. The molecule has 0 saturated heterocycles. The highest BCUT2D eigenvalue weighted by molar-refractivity contribution is 7.33. The highest BCUT2D eigenvalue weighted by Crippen LogP contribution is 2.52. The molecule has 0 radical (unpaired) electrons. The van der Waals surface area contributed by atoms with Crippen molar-refractivity contribution in [3.05, 3.63) is 124 Å². The average molecular weight is 811 g/mol. The van der Waals surface area contributed by atoms with Gasteiger partial charge in [-0.25, -0.2) is 0 Å². The van der Waals surface area contributed by atoms with Crippen LogP contribution in [0.4, 0.5) is 34.1 Å². The lowest BCUT2D eigenvalue weighted by atomic mass is 9.36. The van der Waals surface area contributed by atoms with Gasteiger partial charge in [-0.15, -0.1) is 11.3 Å². The minimum Gasteiger partial charge on any atom is -0.311 e. The maximum absolute atomic E-state index is 2.71. The average Bonchev–Trinajstić information content (AvgIpc) is 3.53. The summed E-state index contributed by atoms with van der Waals surface area (Å²) in [4.78, 5) is 5.31. The minimum absolute atomic E-state index is 0.00241. The molecule has 5 aromatic carbocycles. The molecule has 6 aromatic rings. The van der Waals surface area contributed by atoms with Gasteiger partial charge in [-0.05, 0) is 144 Å². The summed E-state index contributed by atoms with van der Waals surface area (Å²) in [6.45, 7) is 38.1. The molecule has 0 spiro atoms. The molecule has 0 atom stereocenters. The molecule has 310 valence electrons. The lowest BCUT2D eigenvalue weighted by Crippen LogP contribution is -2.60. The molecule has 0 N–H and O–H groups in total. The molecule has 2 nitrogen and oxygen atoms in total. The Kier molecular flexibility index (Phi) is 8.99. The minimum atomic E-state index is -0.0803. The Morgan fingerprint density at radius 3 is 1.60 bits per heavy atom. The summed E-state index contributed by atoms with van der Waals surface area (Å²) in [5.41, 5.74) is 19.2. The Morgan fingerprint density at radius 2 is 1.00 bits per heavy atom. The summed E-state index contributed by atoms with van der Waals surface area (Å²) in [7, 11) is 0. The van der Waals surface area contributed by atoms with E-state index in [9.17, 15) is 0 Å². The predicted molar refractivity (Wildman–Crippen MR) is 266 cm³/mol. The third kappa shape index (κ3) is 6.49. The van der Waals surface area contributed by atoms with Crippen molar-refractivity contribution >= 4 is 78.0 Å². The lowest BCUT2D eigenvalue weighted by molar-refractivity contribution is 0.332. The second-order valence-corrected chi connectivity index (χ2v) is 25.0. The van der Waals surface area contributed by atoms with E-state index in [-0.39, 0.29) is 39.2 Å². The molecule has 4 heteroatoms. The summed E-state index contributed by atoms with van der Waals surface area (Å²) in [6, 6.07) is 36.8. The zero-order chi connectivity index (χ0) is 43.3. The van der Waals surface area contributed by atoms with Crippen LogP contribution in [-0.2, 0) is 32.5 Å². The summed E-state index contributed by atoms with van der Waals surface area (Å²) < 4.78 is 2.80. The van der Waals surface area contributed by atoms with Gasteiger partial charge in [0, 0.05) is 43.3 Å². The van der Waals surface area contributed by atoms with E-state index in [0.29, 0.717) is 0 Å². The van der Waals surface area contributed by atoms with Gasteiger partial charge in [-0.1, -0.05) is 147 Å². The molecule has 3 heterocycles. The first-order valence-corrected chi connectivity index (χ1v) is 23.3. The van der Waals surface area contributed by atoms with Crippen LogP contribution < -0.4 is 25.5 Å². The van der Waals surface area contributed by atoms with Gasteiger partial charge >= 0.3 is 0 Å². The van der Waals surface area contributed by atoms with Crippen molar-refractivity contribution in [2.75, 3.05) is 9.80 Å². The molecule has 0 bridgehead atoms. The first kappa shape index (κ1) is 41.1. The molecule has 0 unspecified atom stereocenters. The molecule has 60 heavy (non-hydrogen) atoms. The lowest BCUT2D eigenvalue weighted by Gasteiger charge is -2.45. The van der Waals surface area contributed by atoms with E-state index in [0.717, 1.165) is 0 Å². The maximum atomic E-state index is 2.71. The van der Waals surface area contributed by atoms with E-state index in [2.05, 4.69) is 212 Å². The van der Waals surface area contributed by atoms with Gasteiger partial charge in [0.15, 0.2) is 0 Å². The Hall–Kier alpha value is -4.28. The Labute approximate surface area is 366 Å². The second kappa shape index (κ2) is 13.1. The number of hydrogen-bond donors (Lipinski definition) is 0. The van der Waals surface area contributed by atoms with Gasteiger partial charge in [-0.2, -0.15) is 0 Å². The van der Waals surface area contributed by atoms with E-state index in [1.165, 1.54) is 106 Å². The second-order valence-electron chi connectivity index (χ2n) is 23.9. The van der Waals surface area contributed by atoms with Crippen molar-refractivity contribution < 1.29 is 0 Å². The van der Waals surface area contributed by atoms with E-state index in [1.54, 1.807) is 0 Å². The molecule has 0 amide bonds. The van der Waals surface area contributed by atoms with Gasteiger partial charge in [0.25, 0.3) is 6.71 Å². The third-order valence-electron chi connectivity index (χ3n) is 14.3. The Morgan fingerprint density at radius 1 is 0.483 bits per heavy atom. The highest BCUT2D eigenvalue weighted by atomic mass is 32.1. The van der Waals surface area contributed by atoms with Crippen molar-refractivity contribution in [2.45, 2.75) is 156 Å². The van der Waals surface area contributed by atoms with Crippen molar-refractivity contribution in [2.24, 2.45) is 0 Å². The third-order valence-corrected chi connectivity index (χ3v) is 15.6. The zero-order valence-corrected chi connectivity index (χ0v) is 40.3. The van der Waals surface area contributed by atoms with Gasteiger partial charge in [0.1, 0.15) is 0 Å². The number of rotatable bonds is 2. The number of anilines is 6. The van der Waals surface area contributed by atoms with E-state index >= 15 is 0 Å². The van der Waals surface area contributed by atoms with Crippen molar-refractivity contribution in [3.8, 4) is 0 Å². The summed E-state index contributed by atoms with van der Waals surface area (Å²) in [5, 5.41) is 1.36. The van der Waals surface area contributed by atoms with Crippen molar-refractivity contribution in [1.82, 2.24) is 0 Å². The number of thiophene rings is 1. The Balaban J connectivity index is 1.43. The molecule has 1 aliphatic carbocycles.